The summed E-state index contributed by atoms with van der Waals surface area (Å²) in [7, 11) is 22.7. The van der Waals surface area contributed by atoms with E-state index in [0.29, 0.717) is 0 Å². The summed E-state index contributed by atoms with van der Waals surface area (Å²) in [6.07, 6.45) is 32.1. The van der Waals surface area contributed by atoms with Crippen LogP contribution >= 0.6 is 0 Å². The number of para-hydroxylation sites is 1. The van der Waals surface area contributed by atoms with Crippen LogP contribution in [0.3, 0.4) is 0 Å². The number of quaternary nitrogens is 6. The van der Waals surface area contributed by atoms with E-state index < -0.39 is 0 Å². The third-order valence-corrected chi connectivity index (χ3v) is 18.5. The van der Waals surface area contributed by atoms with Crippen LogP contribution in [0.1, 0.15) is 192 Å². The lowest BCUT2D eigenvalue weighted by Crippen LogP contribution is -2.65. The van der Waals surface area contributed by atoms with Gasteiger partial charge < -0.3 is 17.9 Å². The summed E-state index contributed by atoms with van der Waals surface area (Å²) < 4.78 is 6.81. The van der Waals surface area contributed by atoms with Gasteiger partial charge in [-0.3, -0.25) is 13.9 Å². The number of piperazine rings is 3. The predicted molar refractivity (Wildman–Crippen MR) is 381 cm³/mol. The van der Waals surface area contributed by atoms with Crippen molar-refractivity contribution in [3.8, 4) is 0 Å². The van der Waals surface area contributed by atoms with E-state index in [0.717, 1.165) is 33.1 Å². The maximum absolute atomic E-state index is 4.67. The van der Waals surface area contributed by atoms with Gasteiger partial charge in [0.25, 0.3) is 0 Å². The summed E-state index contributed by atoms with van der Waals surface area (Å²) in [5.74, 6) is 1.48. The third kappa shape index (κ3) is 34.9. The molecule has 1 atom stereocenters. The minimum Gasteiger partial charge on any atom is -0.331 e. The lowest BCUT2D eigenvalue weighted by molar-refractivity contribution is -0.941. The van der Waals surface area contributed by atoms with E-state index in [1.807, 2.05) is 0 Å². The van der Waals surface area contributed by atoms with Crippen molar-refractivity contribution in [3.05, 3.63) is 138 Å². The molecule has 4 fully saturated rings. The zero-order valence-corrected chi connectivity index (χ0v) is 59.2. The summed E-state index contributed by atoms with van der Waals surface area (Å²) in [5.41, 5.74) is 5.62. The van der Waals surface area contributed by atoms with Crippen LogP contribution in [0.2, 0.25) is 0 Å². The van der Waals surface area contributed by atoms with Crippen molar-refractivity contribution in [1.29, 1.82) is 0 Å². The molecule has 0 spiro atoms. The standard InChI is InChI=1S/C19H34N.C17H38N.C15H18N.C10H19N2.C10H16N.C7H15N2/c1-4-7-15-20(16-8-5-2,17-9-6-3)18-19-13-11-10-12-14-19;1-5-6-7-8-9-10-11-12-13-14-15-16-17-18(2,3)4;1-16(2,15-11-7-4-8-12-15)13-14-9-5-3-6-10-14;1-12-8-4-2-3-6-10(12)11-7-5-9-12;1-11(2,3)9-10-7-5-4-6-8-10;1-9-5-2-8(3-6-9)4-7-9/h10-14H,4-9,15-18H2,1-3H3;5-17H2,1-4H3;3-12H,13H2,1-2H3;2-9H2,1H3;4-8H,9H2,1-3H3;2-7H2,1H3/q6*+1. The van der Waals surface area contributed by atoms with Crippen molar-refractivity contribution >= 4 is 11.5 Å². The Hall–Kier alpha value is -3.73. The molecule has 1 unspecified atom stereocenters. The Balaban J connectivity index is 0.000000275. The average molecular weight is 1190 g/mol. The van der Waals surface area contributed by atoms with E-state index >= 15 is 0 Å². The van der Waals surface area contributed by atoms with Gasteiger partial charge >= 0.3 is 0 Å². The molecule has 4 aromatic carbocycles. The fraction of sp³-hybridized carbons (Fsp3) is 0.679. The number of nitrogens with zero attached hydrogens (tertiary/aromatic N) is 8. The van der Waals surface area contributed by atoms with E-state index in [1.165, 1.54) is 274 Å². The van der Waals surface area contributed by atoms with Gasteiger partial charge in [-0.15, -0.1) is 0 Å². The Bertz CT molecular complexity index is 2210. The number of likely N-dealkylation sites (N-methyl/N-ethyl adjacent to an activating group) is 1. The maximum atomic E-state index is 4.67. The van der Waals surface area contributed by atoms with Crippen LogP contribution in [0.4, 0.5) is 5.69 Å². The molecule has 486 valence electrons. The van der Waals surface area contributed by atoms with E-state index in [-0.39, 0.29) is 0 Å². The summed E-state index contributed by atoms with van der Waals surface area (Å²) in [4.78, 5) is 7.24. The summed E-state index contributed by atoms with van der Waals surface area (Å²) >= 11 is 0. The molecule has 0 saturated carbocycles. The smallest absolute Gasteiger partial charge is 0.197 e. The van der Waals surface area contributed by atoms with E-state index in [9.17, 15) is 0 Å². The quantitative estimate of drug-likeness (QED) is 0.0391. The highest BCUT2D eigenvalue weighted by molar-refractivity contribution is 5.76. The highest BCUT2D eigenvalue weighted by atomic mass is 15.4. The monoisotopic (exact) mass is 1190 g/mol. The average Bonchev–Trinajstić information content (AvgIpc) is 3.54. The summed E-state index contributed by atoms with van der Waals surface area (Å²) in [6, 6.07) is 42.9. The number of amidine groups is 1. The lowest BCUT2D eigenvalue weighted by atomic mass is 10.1. The zero-order valence-electron chi connectivity index (χ0n) is 59.2. The minimum absolute atomic E-state index is 0.880. The normalized spacial score (nSPS) is 19.1. The van der Waals surface area contributed by atoms with Crippen molar-refractivity contribution in [3.63, 3.8) is 0 Å². The van der Waals surface area contributed by atoms with Gasteiger partial charge in [0.1, 0.15) is 25.3 Å². The highest BCUT2D eigenvalue weighted by Gasteiger charge is 2.35. The molecule has 4 saturated heterocycles. The Morgan fingerprint density at radius 2 is 0.779 bits per heavy atom. The second-order valence-corrected chi connectivity index (χ2v) is 29.7. The SMILES string of the molecule is CCCCCCCCCCCCCC[N+](C)(C)C.CCCC[N+](CCCC)(CCCC)Cc1ccccc1.C[N+](C)(C)Cc1ccccc1.C[N+](C)(Cc1ccccc1)c1ccccc1.C[N+]12CCCCCC1=NCCC2.C[N+]12CCN(CC1)CC2. The molecule has 0 aromatic heterocycles. The fourth-order valence-corrected chi connectivity index (χ4v) is 12.8. The maximum Gasteiger partial charge on any atom is 0.197 e. The second-order valence-electron chi connectivity index (χ2n) is 29.7. The molecule has 8 nitrogen and oxygen atoms in total. The molecule has 0 amide bonds. The van der Waals surface area contributed by atoms with Gasteiger partial charge in [-0.1, -0.05) is 220 Å². The molecular weight excluding hydrogens is 1050 g/mol. The van der Waals surface area contributed by atoms with Crippen LogP contribution in [-0.4, -0.2) is 189 Å². The van der Waals surface area contributed by atoms with Crippen LogP contribution in [0.15, 0.2) is 126 Å². The number of benzene rings is 4. The van der Waals surface area contributed by atoms with E-state index in [1.54, 1.807) is 0 Å². The van der Waals surface area contributed by atoms with Crippen LogP contribution in [0.25, 0.3) is 0 Å². The third-order valence-electron chi connectivity index (χ3n) is 18.5. The number of hydrogen-bond acceptors (Lipinski definition) is 2. The first-order chi connectivity index (χ1) is 41.2. The minimum atomic E-state index is 0.880. The van der Waals surface area contributed by atoms with Crippen LogP contribution in [0.5, 0.6) is 0 Å². The molecule has 86 heavy (non-hydrogen) atoms. The molecule has 4 aromatic rings. The van der Waals surface area contributed by atoms with Gasteiger partial charge in [-0.05, 0) is 63.5 Å². The molecule has 5 aliphatic heterocycles. The van der Waals surface area contributed by atoms with Crippen molar-refractivity contribution in [2.45, 2.75) is 195 Å². The molecule has 0 radical (unpaired) electrons. The summed E-state index contributed by atoms with van der Waals surface area (Å²) in [5, 5.41) is 0. The first-order valence-corrected chi connectivity index (χ1v) is 35.6. The van der Waals surface area contributed by atoms with E-state index in [4.69, 9.17) is 0 Å². The van der Waals surface area contributed by atoms with Crippen molar-refractivity contribution < 1.29 is 22.4 Å². The van der Waals surface area contributed by atoms with E-state index in [2.05, 4.69) is 229 Å². The van der Waals surface area contributed by atoms with Crippen LogP contribution in [0, 0.1) is 0 Å². The van der Waals surface area contributed by atoms with Crippen molar-refractivity contribution in [1.82, 2.24) is 9.38 Å². The molecule has 8 heteroatoms. The molecule has 2 bridgehead atoms. The number of rotatable bonds is 29. The van der Waals surface area contributed by atoms with Gasteiger partial charge in [0.15, 0.2) is 5.84 Å². The summed E-state index contributed by atoms with van der Waals surface area (Å²) in [6.45, 7) is 29.9. The van der Waals surface area contributed by atoms with Crippen molar-refractivity contribution in [2.75, 3.05) is 156 Å². The second kappa shape index (κ2) is 43.1. The molecular formula is C78H140N8+6. The Kier molecular flexibility index (Phi) is 38.3. The molecule has 5 heterocycles. The Morgan fingerprint density at radius 1 is 0.384 bits per heavy atom. The van der Waals surface area contributed by atoms with Crippen molar-refractivity contribution in [2.24, 2.45) is 4.99 Å². The van der Waals surface area contributed by atoms with Gasteiger partial charge in [-0.2, -0.15) is 0 Å². The number of fused-ring (bicyclic) bond motifs is 4. The topological polar surface area (TPSA) is 15.6 Å². The fourth-order valence-electron chi connectivity index (χ4n) is 12.8. The van der Waals surface area contributed by atoms with Gasteiger partial charge in [0, 0.05) is 55.7 Å². The molecule has 9 rings (SSSR count). The van der Waals surface area contributed by atoms with Gasteiger partial charge in [0.05, 0.1) is 129 Å². The molecule has 0 N–H and O–H groups in total. The predicted octanol–water partition coefficient (Wildman–Crippen LogP) is 17.7. The first-order valence-electron chi connectivity index (χ1n) is 35.6. The number of aliphatic imine (C=N–C) groups is 1. The Labute approximate surface area is 534 Å². The number of hydrogen-bond donors (Lipinski definition) is 0. The highest BCUT2D eigenvalue weighted by Crippen LogP contribution is 2.24. The number of unbranched alkanes of at least 4 members (excludes halogenated alkanes) is 14. The molecule has 0 aliphatic carbocycles. The van der Waals surface area contributed by atoms with Gasteiger partial charge in [0.2, 0.25) is 0 Å². The zero-order chi connectivity index (χ0) is 62.9. The largest absolute Gasteiger partial charge is 0.331 e. The van der Waals surface area contributed by atoms with Crippen LogP contribution in [-0.2, 0) is 19.6 Å². The molecule has 5 aliphatic rings. The van der Waals surface area contributed by atoms with Crippen LogP contribution < -0.4 is 4.48 Å². The first kappa shape index (κ1) is 76.5. The Morgan fingerprint density at radius 3 is 1.19 bits per heavy atom. The van der Waals surface area contributed by atoms with Gasteiger partial charge in [-0.25, -0.2) is 4.99 Å². The lowest BCUT2D eigenvalue weighted by Gasteiger charge is -2.48.